The van der Waals surface area contributed by atoms with E-state index in [1.54, 1.807) is 24.0 Å². The molecule has 0 aliphatic carbocycles. The Hall–Kier alpha value is -2.89. The Morgan fingerprint density at radius 2 is 1.91 bits per heavy atom. The monoisotopic (exact) mass is 437 g/mol. The first-order chi connectivity index (χ1) is 15.2. The molecule has 2 aliphatic heterocycles. The summed E-state index contributed by atoms with van der Waals surface area (Å²) in [5, 5.41) is 3.04. The summed E-state index contributed by atoms with van der Waals surface area (Å²) in [6, 6.07) is 12.6. The molecule has 32 heavy (non-hydrogen) atoms. The molecule has 0 saturated carbocycles. The minimum atomic E-state index is -0.511. The Labute approximate surface area is 189 Å². The lowest BCUT2D eigenvalue weighted by molar-refractivity contribution is -0.121. The van der Waals surface area contributed by atoms with E-state index >= 15 is 0 Å². The average molecular weight is 438 g/mol. The zero-order valence-electron chi connectivity index (χ0n) is 19.2. The van der Waals surface area contributed by atoms with E-state index in [-0.39, 0.29) is 23.3 Å². The molecule has 6 heteroatoms. The number of nitrogens with one attached hydrogen (secondary N) is 1. The molecular weight excluding hydrogens is 405 g/mol. The molecule has 5 nitrogen and oxygen atoms in total. The number of carbonyl (C=O) groups is 2. The molecule has 2 aliphatic rings. The van der Waals surface area contributed by atoms with Crippen LogP contribution in [0.15, 0.2) is 42.5 Å². The van der Waals surface area contributed by atoms with Gasteiger partial charge in [0, 0.05) is 37.6 Å². The van der Waals surface area contributed by atoms with Crippen molar-refractivity contribution in [3.05, 3.63) is 59.4 Å². The number of amides is 2. The molecule has 0 bridgehead atoms. The van der Waals surface area contributed by atoms with Gasteiger partial charge in [0.15, 0.2) is 0 Å². The first-order valence-electron chi connectivity index (χ1n) is 11.4. The average Bonchev–Trinajstić information content (AvgIpc) is 3.13. The van der Waals surface area contributed by atoms with Gasteiger partial charge in [-0.1, -0.05) is 32.0 Å². The van der Waals surface area contributed by atoms with E-state index in [1.807, 2.05) is 18.2 Å². The fraction of sp³-hybridized carbons (Fsp3) is 0.462. The second-order valence-electron chi connectivity index (χ2n) is 9.90. The minimum absolute atomic E-state index is 0.0911. The number of nitrogens with zero attached hydrogens (tertiary/aromatic N) is 2. The second kappa shape index (κ2) is 8.93. The highest BCUT2D eigenvalue weighted by Gasteiger charge is 2.31. The van der Waals surface area contributed by atoms with Gasteiger partial charge in [-0.05, 0) is 61.4 Å². The quantitative estimate of drug-likeness (QED) is 0.743. The molecule has 2 amide bonds. The fourth-order valence-electron chi connectivity index (χ4n) is 4.79. The number of likely N-dealkylation sites (tertiary alicyclic amines) is 1. The van der Waals surface area contributed by atoms with Gasteiger partial charge < -0.3 is 15.1 Å². The molecule has 0 unspecified atom stereocenters. The molecule has 0 spiro atoms. The highest BCUT2D eigenvalue weighted by atomic mass is 19.1. The molecule has 0 radical (unpaired) electrons. The van der Waals surface area contributed by atoms with E-state index in [9.17, 15) is 14.0 Å². The van der Waals surface area contributed by atoms with Crippen molar-refractivity contribution in [3.63, 3.8) is 0 Å². The van der Waals surface area contributed by atoms with E-state index in [1.165, 1.54) is 6.07 Å². The largest absolute Gasteiger partial charge is 0.371 e. The van der Waals surface area contributed by atoms with Crippen LogP contribution in [0.5, 0.6) is 0 Å². The summed E-state index contributed by atoms with van der Waals surface area (Å²) in [7, 11) is 0. The fourth-order valence-corrected chi connectivity index (χ4v) is 4.79. The molecule has 2 aromatic rings. The third-order valence-corrected chi connectivity index (χ3v) is 6.67. The van der Waals surface area contributed by atoms with E-state index in [2.05, 4.69) is 30.1 Å². The Morgan fingerprint density at radius 3 is 2.62 bits per heavy atom. The molecular formula is C26H32FN3O2. The van der Waals surface area contributed by atoms with E-state index in [0.29, 0.717) is 30.5 Å². The van der Waals surface area contributed by atoms with Gasteiger partial charge >= 0.3 is 0 Å². The van der Waals surface area contributed by atoms with Gasteiger partial charge in [-0.2, -0.15) is 0 Å². The number of rotatable bonds is 4. The molecule has 4 rings (SSSR count). The molecule has 2 heterocycles. The van der Waals surface area contributed by atoms with Crippen molar-refractivity contribution in [2.45, 2.75) is 40.0 Å². The van der Waals surface area contributed by atoms with Crippen LogP contribution in [0.25, 0.3) is 0 Å². The van der Waals surface area contributed by atoms with Crippen molar-refractivity contribution in [1.29, 1.82) is 0 Å². The van der Waals surface area contributed by atoms with Gasteiger partial charge in [0.25, 0.3) is 5.91 Å². The van der Waals surface area contributed by atoms with Gasteiger partial charge in [-0.15, -0.1) is 0 Å². The SMILES string of the molecule is Cc1cccc(F)c1C(=O)N1CCC[C@H](C(=O)Nc2cccc(N3CCC(C)(C)C3)c2)C1. The number of piperidine rings is 1. The number of hydrogen-bond donors (Lipinski definition) is 1. The van der Waals surface area contributed by atoms with Crippen molar-refractivity contribution in [1.82, 2.24) is 4.90 Å². The van der Waals surface area contributed by atoms with Crippen molar-refractivity contribution in [2.75, 3.05) is 36.4 Å². The lowest BCUT2D eigenvalue weighted by Gasteiger charge is -2.32. The number of anilines is 2. The van der Waals surface area contributed by atoms with Crippen LogP contribution in [-0.4, -0.2) is 42.9 Å². The lowest BCUT2D eigenvalue weighted by Crippen LogP contribution is -2.44. The van der Waals surface area contributed by atoms with Gasteiger partial charge in [0.1, 0.15) is 5.82 Å². The zero-order valence-corrected chi connectivity index (χ0v) is 19.2. The maximum absolute atomic E-state index is 14.3. The topological polar surface area (TPSA) is 52.7 Å². The summed E-state index contributed by atoms with van der Waals surface area (Å²) in [5.74, 6) is -1.25. The Bertz CT molecular complexity index is 1000. The van der Waals surface area contributed by atoms with Crippen molar-refractivity contribution < 1.29 is 14.0 Å². The summed E-state index contributed by atoms with van der Waals surface area (Å²) in [4.78, 5) is 29.9. The highest BCUT2D eigenvalue weighted by Crippen LogP contribution is 2.33. The summed E-state index contributed by atoms with van der Waals surface area (Å²) in [6.45, 7) is 9.14. The standard InChI is InChI=1S/C26H32FN3O2/c1-18-7-4-11-22(27)23(18)25(32)29-13-6-8-19(16-29)24(31)28-20-9-5-10-21(15-20)30-14-12-26(2,3)17-30/h4-5,7,9-11,15,19H,6,8,12-14,16-17H2,1-3H3,(H,28,31)/t19-/m0/s1. The summed E-state index contributed by atoms with van der Waals surface area (Å²) < 4.78 is 14.3. The van der Waals surface area contributed by atoms with Crippen LogP contribution in [0, 0.1) is 24.1 Å². The van der Waals surface area contributed by atoms with Crippen molar-refractivity contribution in [3.8, 4) is 0 Å². The zero-order chi connectivity index (χ0) is 22.9. The molecule has 1 N–H and O–H groups in total. The van der Waals surface area contributed by atoms with Gasteiger partial charge in [-0.3, -0.25) is 9.59 Å². The number of carbonyl (C=O) groups excluding carboxylic acids is 2. The number of benzene rings is 2. The van der Waals surface area contributed by atoms with Gasteiger partial charge in [0.05, 0.1) is 11.5 Å². The summed E-state index contributed by atoms with van der Waals surface area (Å²) >= 11 is 0. The Morgan fingerprint density at radius 1 is 1.12 bits per heavy atom. The number of halogens is 1. The molecule has 1 atom stereocenters. The molecule has 2 aromatic carbocycles. The predicted octanol–water partition coefficient (Wildman–Crippen LogP) is 4.86. The predicted molar refractivity (Wildman–Crippen MR) is 125 cm³/mol. The van der Waals surface area contributed by atoms with Crippen LogP contribution in [0.1, 0.15) is 49.0 Å². The second-order valence-corrected chi connectivity index (χ2v) is 9.90. The smallest absolute Gasteiger partial charge is 0.257 e. The van der Waals surface area contributed by atoms with Crippen LogP contribution in [0.4, 0.5) is 15.8 Å². The number of hydrogen-bond acceptors (Lipinski definition) is 3. The molecule has 2 saturated heterocycles. The Kier molecular flexibility index (Phi) is 6.22. The molecule has 0 aromatic heterocycles. The van der Waals surface area contributed by atoms with Crippen molar-refractivity contribution in [2.24, 2.45) is 11.3 Å². The van der Waals surface area contributed by atoms with Gasteiger partial charge in [0.2, 0.25) is 5.91 Å². The lowest BCUT2D eigenvalue weighted by atomic mass is 9.93. The first-order valence-corrected chi connectivity index (χ1v) is 11.4. The summed E-state index contributed by atoms with van der Waals surface area (Å²) in [5.41, 5.74) is 2.90. The highest BCUT2D eigenvalue weighted by molar-refractivity contribution is 5.97. The van der Waals surface area contributed by atoms with Gasteiger partial charge in [-0.25, -0.2) is 4.39 Å². The summed E-state index contributed by atoms with van der Waals surface area (Å²) in [6.07, 6.45) is 2.59. The van der Waals surface area contributed by atoms with Crippen LogP contribution >= 0.6 is 0 Å². The van der Waals surface area contributed by atoms with Crippen LogP contribution in [0.3, 0.4) is 0 Å². The third kappa shape index (κ3) is 4.79. The number of aryl methyl sites for hydroxylation is 1. The van der Waals surface area contributed by atoms with E-state index < -0.39 is 5.82 Å². The van der Waals surface area contributed by atoms with E-state index in [4.69, 9.17) is 0 Å². The van der Waals surface area contributed by atoms with E-state index in [0.717, 1.165) is 37.3 Å². The normalized spacial score (nSPS) is 20.3. The molecule has 2 fully saturated rings. The maximum atomic E-state index is 14.3. The van der Waals surface area contributed by atoms with Crippen LogP contribution in [-0.2, 0) is 4.79 Å². The van der Waals surface area contributed by atoms with Crippen LogP contribution < -0.4 is 10.2 Å². The maximum Gasteiger partial charge on any atom is 0.257 e. The molecule has 170 valence electrons. The third-order valence-electron chi connectivity index (χ3n) is 6.67. The van der Waals surface area contributed by atoms with Crippen molar-refractivity contribution >= 4 is 23.2 Å². The Balaban J connectivity index is 1.42. The first kappa shape index (κ1) is 22.3. The van der Waals surface area contributed by atoms with Crippen LogP contribution in [0.2, 0.25) is 0 Å². The minimum Gasteiger partial charge on any atom is -0.371 e.